The van der Waals surface area contributed by atoms with E-state index in [0.717, 1.165) is 0 Å². The van der Waals surface area contributed by atoms with Crippen molar-refractivity contribution in [1.82, 2.24) is 30.4 Å². The van der Waals surface area contributed by atoms with Crippen molar-refractivity contribution in [2.75, 3.05) is 5.32 Å². The van der Waals surface area contributed by atoms with Crippen LogP contribution in [0.5, 0.6) is 0 Å². The van der Waals surface area contributed by atoms with Gasteiger partial charge in [-0.1, -0.05) is 6.07 Å². The molecule has 1 amide bonds. The Labute approximate surface area is 155 Å². The molecule has 0 aliphatic heterocycles. The van der Waals surface area contributed by atoms with Gasteiger partial charge >= 0.3 is 0 Å². The molecule has 136 valence electrons. The van der Waals surface area contributed by atoms with Crippen LogP contribution in [-0.2, 0) is 9.59 Å². The van der Waals surface area contributed by atoms with E-state index in [0.29, 0.717) is 35.7 Å². The monoisotopic (exact) mass is 363 g/mol. The molecule has 0 fully saturated rings. The molecular formula is C18H17N7O2. The number of pyridine rings is 2. The molecule has 3 rings (SSSR count). The zero-order valence-electron chi connectivity index (χ0n) is 14.7. The third-order valence-electron chi connectivity index (χ3n) is 3.58. The van der Waals surface area contributed by atoms with Crippen molar-refractivity contribution in [1.29, 1.82) is 0 Å². The van der Waals surface area contributed by atoms with Gasteiger partial charge in [0.1, 0.15) is 17.2 Å². The fourth-order valence-corrected chi connectivity index (χ4v) is 2.25. The molecule has 0 bridgehead atoms. The van der Waals surface area contributed by atoms with E-state index >= 15 is 0 Å². The minimum atomic E-state index is -0.162. The van der Waals surface area contributed by atoms with Crippen LogP contribution in [0.2, 0.25) is 0 Å². The molecule has 0 unspecified atom stereocenters. The van der Waals surface area contributed by atoms with E-state index in [1.165, 1.54) is 13.1 Å². The number of hydrogen-bond acceptors (Lipinski definition) is 8. The average Bonchev–Trinajstić information content (AvgIpc) is 2.69. The lowest BCUT2D eigenvalue weighted by atomic mass is 10.2. The molecule has 0 spiro atoms. The molecule has 3 heterocycles. The van der Waals surface area contributed by atoms with Crippen LogP contribution >= 0.6 is 0 Å². The summed E-state index contributed by atoms with van der Waals surface area (Å²) in [4.78, 5) is 31.1. The summed E-state index contributed by atoms with van der Waals surface area (Å²) in [7, 11) is 0. The number of anilines is 1. The maximum Gasteiger partial charge on any atom is 0.224 e. The van der Waals surface area contributed by atoms with Gasteiger partial charge in [0.2, 0.25) is 17.6 Å². The lowest BCUT2D eigenvalue weighted by Crippen LogP contribution is -2.12. The third kappa shape index (κ3) is 5.18. The quantitative estimate of drug-likeness (QED) is 0.677. The van der Waals surface area contributed by atoms with Gasteiger partial charge < -0.3 is 10.1 Å². The van der Waals surface area contributed by atoms with Gasteiger partial charge in [-0.05, 0) is 37.6 Å². The van der Waals surface area contributed by atoms with Crippen molar-refractivity contribution in [3.8, 4) is 23.0 Å². The number of nitrogens with zero attached hydrogens (tertiary/aromatic N) is 6. The predicted molar refractivity (Wildman–Crippen MR) is 97.2 cm³/mol. The van der Waals surface area contributed by atoms with Gasteiger partial charge in [0, 0.05) is 19.0 Å². The highest BCUT2D eigenvalue weighted by Crippen LogP contribution is 2.15. The number of Topliss-reactive ketones (excluding diaryl/α,β-unsaturated/α-hetero) is 1. The van der Waals surface area contributed by atoms with Gasteiger partial charge in [-0.25, -0.2) is 0 Å². The van der Waals surface area contributed by atoms with Crippen LogP contribution in [0.4, 0.5) is 5.69 Å². The molecule has 0 saturated heterocycles. The second-order valence-electron chi connectivity index (χ2n) is 5.80. The summed E-state index contributed by atoms with van der Waals surface area (Å²) >= 11 is 0. The van der Waals surface area contributed by atoms with Gasteiger partial charge in [-0.3, -0.25) is 14.8 Å². The number of hydrogen-bond donors (Lipinski definition) is 1. The summed E-state index contributed by atoms with van der Waals surface area (Å²) in [6, 6.07) is 8.76. The molecule has 1 N–H and O–H groups in total. The number of aromatic nitrogens is 6. The van der Waals surface area contributed by atoms with Gasteiger partial charge in [-0.2, -0.15) is 0 Å². The van der Waals surface area contributed by atoms with E-state index in [4.69, 9.17) is 0 Å². The second kappa shape index (κ2) is 8.65. The van der Waals surface area contributed by atoms with Crippen molar-refractivity contribution in [2.45, 2.75) is 26.2 Å². The van der Waals surface area contributed by atoms with Gasteiger partial charge in [0.15, 0.2) is 0 Å². The van der Waals surface area contributed by atoms with Crippen LogP contribution in [0, 0.1) is 0 Å². The fraction of sp³-hybridized carbons (Fsp3) is 0.222. The Hall–Kier alpha value is -3.62. The molecule has 3 aromatic rings. The van der Waals surface area contributed by atoms with E-state index < -0.39 is 0 Å². The first-order valence-corrected chi connectivity index (χ1v) is 8.36. The minimum absolute atomic E-state index is 0.0742. The predicted octanol–water partition coefficient (Wildman–Crippen LogP) is 2.09. The van der Waals surface area contributed by atoms with Crippen LogP contribution in [0.15, 0.2) is 42.7 Å². The smallest absolute Gasteiger partial charge is 0.224 e. The Balaban J connectivity index is 1.61. The van der Waals surface area contributed by atoms with E-state index in [1.54, 1.807) is 30.5 Å². The van der Waals surface area contributed by atoms with Gasteiger partial charge in [-0.15, -0.1) is 20.4 Å². The zero-order chi connectivity index (χ0) is 19.1. The van der Waals surface area contributed by atoms with E-state index in [1.807, 2.05) is 6.07 Å². The highest BCUT2D eigenvalue weighted by Gasteiger charge is 2.09. The molecule has 0 aromatic carbocycles. The normalized spacial score (nSPS) is 10.4. The number of rotatable bonds is 7. The minimum Gasteiger partial charge on any atom is -0.325 e. The van der Waals surface area contributed by atoms with Crippen molar-refractivity contribution < 1.29 is 9.59 Å². The molecule has 0 aliphatic rings. The first-order valence-electron chi connectivity index (χ1n) is 8.36. The summed E-state index contributed by atoms with van der Waals surface area (Å²) in [6.45, 7) is 1.51. The van der Waals surface area contributed by atoms with Crippen molar-refractivity contribution in [3.05, 3.63) is 42.7 Å². The van der Waals surface area contributed by atoms with Crippen LogP contribution in [-0.4, -0.2) is 42.1 Å². The van der Waals surface area contributed by atoms with E-state index in [-0.39, 0.29) is 23.9 Å². The maximum absolute atomic E-state index is 11.8. The number of nitrogens with one attached hydrogen (secondary N) is 1. The molecule has 0 saturated carbocycles. The first kappa shape index (κ1) is 18.2. The standard InChI is InChI=1S/C18H17N7O2/c1-12(26)5-4-7-16(27)21-13-8-9-15(20-11-13)18-24-22-17(23-25-18)14-6-2-3-10-19-14/h2-3,6,8-11H,4-5,7H2,1H3,(H,21,27). The summed E-state index contributed by atoms with van der Waals surface area (Å²) < 4.78 is 0. The van der Waals surface area contributed by atoms with Gasteiger partial charge in [0.05, 0.1) is 11.9 Å². The van der Waals surface area contributed by atoms with Gasteiger partial charge in [0.25, 0.3) is 0 Å². The number of carbonyl (C=O) groups is 2. The Bertz CT molecular complexity index is 913. The lowest BCUT2D eigenvalue weighted by Gasteiger charge is -2.05. The largest absolute Gasteiger partial charge is 0.325 e. The fourth-order valence-electron chi connectivity index (χ4n) is 2.25. The third-order valence-corrected chi connectivity index (χ3v) is 3.58. The first-order chi connectivity index (χ1) is 13.1. The van der Waals surface area contributed by atoms with Crippen molar-refractivity contribution in [3.63, 3.8) is 0 Å². The van der Waals surface area contributed by atoms with Crippen LogP contribution < -0.4 is 5.32 Å². The number of ketones is 1. The Morgan fingerprint density at radius 1 is 0.889 bits per heavy atom. The molecule has 9 heteroatoms. The summed E-state index contributed by atoms with van der Waals surface area (Å²) in [6.07, 6.45) is 4.36. The molecule has 3 aromatic heterocycles. The molecule has 9 nitrogen and oxygen atoms in total. The molecule has 0 atom stereocenters. The summed E-state index contributed by atoms with van der Waals surface area (Å²) in [5.41, 5.74) is 1.62. The Morgan fingerprint density at radius 3 is 2.15 bits per heavy atom. The molecule has 27 heavy (non-hydrogen) atoms. The highest BCUT2D eigenvalue weighted by molar-refractivity contribution is 5.90. The van der Waals surface area contributed by atoms with Crippen LogP contribution in [0.3, 0.4) is 0 Å². The molecule has 0 aliphatic carbocycles. The average molecular weight is 363 g/mol. The summed E-state index contributed by atoms with van der Waals surface area (Å²) in [5, 5.41) is 18.8. The Morgan fingerprint density at radius 2 is 1.59 bits per heavy atom. The van der Waals surface area contributed by atoms with E-state index in [9.17, 15) is 9.59 Å². The van der Waals surface area contributed by atoms with Crippen molar-refractivity contribution >= 4 is 17.4 Å². The topological polar surface area (TPSA) is 124 Å². The van der Waals surface area contributed by atoms with E-state index in [2.05, 4.69) is 35.7 Å². The van der Waals surface area contributed by atoms with Crippen LogP contribution in [0.25, 0.3) is 23.0 Å². The summed E-state index contributed by atoms with van der Waals surface area (Å²) in [5.74, 6) is 0.512. The lowest BCUT2D eigenvalue weighted by molar-refractivity contribution is -0.117. The Kier molecular flexibility index (Phi) is 5.83. The molecule has 0 radical (unpaired) electrons. The highest BCUT2D eigenvalue weighted by atomic mass is 16.1. The zero-order valence-corrected chi connectivity index (χ0v) is 14.7. The number of carbonyl (C=O) groups excluding carboxylic acids is 2. The second-order valence-corrected chi connectivity index (χ2v) is 5.80. The SMILES string of the molecule is CC(=O)CCCC(=O)Nc1ccc(-c2nnc(-c3ccccn3)nn2)nc1. The maximum atomic E-state index is 11.8. The molecular weight excluding hydrogens is 346 g/mol. The van der Waals surface area contributed by atoms with Crippen LogP contribution in [0.1, 0.15) is 26.2 Å². The number of amides is 1. The van der Waals surface area contributed by atoms with Crippen molar-refractivity contribution in [2.24, 2.45) is 0 Å².